The van der Waals surface area contributed by atoms with E-state index in [4.69, 9.17) is 9.47 Å². The van der Waals surface area contributed by atoms with Gasteiger partial charge in [-0.25, -0.2) is 0 Å². The van der Waals surface area contributed by atoms with Crippen LogP contribution < -0.4 is 9.47 Å². The number of fused-ring (bicyclic) bond motifs is 2. The highest BCUT2D eigenvalue weighted by atomic mass is 16.7. The first kappa shape index (κ1) is 14.5. The molecule has 3 heterocycles. The number of ether oxygens (including phenoxy) is 2. The van der Waals surface area contributed by atoms with E-state index in [9.17, 15) is 0 Å². The molecule has 2 aliphatic heterocycles. The van der Waals surface area contributed by atoms with Gasteiger partial charge >= 0.3 is 0 Å². The lowest BCUT2D eigenvalue weighted by atomic mass is 9.92. The van der Waals surface area contributed by atoms with Crippen LogP contribution in [0, 0.1) is 0 Å². The van der Waals surface area contributed by atoms with Crippen molar-refractivity contribution < 1.29 is 9.47 Å². The molecule has 0 spiro atoms. The minimum Gasteiger partial charge on any atom is -0.454 e. The molecule has 1 atom stereocenters. The van der Waals surface area contributed by atoms with Crippen molar-refractivity contribution in [1.29, 1.82) is 0 Å². The van der Waals surface area contributed by atoms with E-state index in [1.165, 1.54) is 5.56 Å². The van der Waals surface area contributed by atoms with Crippen molar-refractivity contribution in [3.05, 3.63) is 59.9 Å². The lowest BCUT2D eigenvalue weighted by Crippen LogP contribution is -2.04. The predicted octanol–water partition coefficient (Wildman–Crippen LogP) is 3.79. The van der Waals surface area contributed by atoms with Crippen LogP contribution in [-0.2, 0) is 13.0 Å². The summed E-state index contributed by atoms with van der Waals surface area (Å²) in [7, 11) is 0. The summed E-state index contributed by atoms with van der Waals surface area (Å²) >= 11 is 0. The Balaban J connectivity index is 1.45. The lowest BCUT2D eigenvalue weighted by Gasteiger charge is -2.14. The summed E-state index contributed by atoms with van der Waals surface area (Å²) in [5, 5.41) is 8.91. The zero-order chi connectivity index (χ0) is 16.6. The van der Waals surface area contributed by atoms with Crippen LogP contribution in [0.1, 0.15) is 30.1 Å². The topological polar surface area (TPSA) is 49.2 Å². The normalized spacial score (nSPS) is 18.6. The number of rotatable bonds is 2. The first-order valence-corrected chi connectivity index (χ1v) is 8.75. The largest absolute Gasteiger partial charge is 0.454 e. The van der Waals surface area contributed by atoms with Crippen LogP contribution in [0.25, 0.3) is 11.4 Å². The van der Waals surface area contributed by atoms with E-state index in [0.29, 0.717) is 5.92 Å². The number of benzene rings is 2. The van der Waals surface area contributed by atoms with Crippen molar-refractivity contribution in [1.82, 2.24) is 14.8 Å². The molecule has 0 saturated heterocycles. The maximum atomic E-state index is 5.50. The highest BCUT2D eigenvalue weighted by Crippen LogP contribution is 2.36. The van der Waals surface area contributed by atoms with E-state index >= 15 is 0 Å². The minimum atomic E-state index is 0.287. The highest BCUT2D eigenvalue weighted by molar-refractivity contribution is 5.62. The maximum Gasteiger partial charge on any atom is 0.231 e. The Morgan fingerprint density at radius 3 is 2.72 bits per heavy atom. The summed E-state index contributed by atoms with van der Waals surface area (Å²) in [5.74, 6) is 4.15. The van der Waals surface area contributed by atoms with Crippen molar-refractivity contribution in [3.63, 3.8) is 0 Å². The van der Waals surface area contributed by atoms with E-state index in [2.05, 4.69) is 45.1 Å². The Morgan fingerprint density at radius 2 is 1.80 bits per heavy atom. The zero-order valence-corrected chi connectivity index (χ0v) is 13.9. The van der Waals surface area contributed by atoms with Gasteiger partial charge in [-0.05, 0) is 42.5 Å². The van der Waals surface area contributed by atoms with Gasteiger partial charge in [0.2, 0.25) is 6.79 Å². The van der Waals surface area contributed by atoms with Crippen molar-refractivity contribution in [2.75, 3.05) is 6.79 Å². The van der Waals surface area contributed by atoms with Crippen molar-refractivity contribution in [2.24, 2.45) is 0 Å². The van der Waals surface area contributed by atoms with Crippen LogP contribution in [0.5, 0.6) is 11.5 Å². The van der Waals surface area contributed by atoms with E-state index < -0.39 is 0 Å². The molecule has 1 aromatic heterocycles. The number of hydrogen-bond donors (Lipinski definition) is 0. The molecular weight excluding hydrogens is 314 g/mol. The molecule has 0 N–H and O–H groups in total. The summed E-state index contributed by atoms with van der Waals surface area (Å²) in [6.45, 7) is 1.22. The van der Waals surface area contributed by atoms with Gasteiger partial charge in [0.15, 0.2) is 17.3 Å². The summed E-state index contributed by atoms with van der Waals surface area (Å²) in [6.07, 6.45) is 3.17. The van der Waals surface area contributed by atoms with E-state index in [1.54, 1.807) is 0 Å². The second-order valence-electron chi connectivity index (χ2n) is 6.59. The SMILES string of the molecule is c1ccc(C2CCc3nnc(-c4ccc5c(c4)OCO5)n3CC2)cc1. The average molecular weight is 333 g/mol. The fourth-order valence-corrected chi connectivity index (χ4v) is 3.80. The minimum absolute atomic E-state index is 0.287. The Labute approximate surface area is 146 Å². The molecule has 0 bridgehead atoms. The van der Waals surface area contributed by atoms with E-state index in [1.807, 2.05) is 18.2 Å². The molecule has 2 aromatic carbocycles. The van der Waals surface area contributed by atoms with Crippen LogP contribution in [0.4, 0.5) is 0 Å². The number of aryl methyl sites for hydroxylation is 1. The third-order valence-electron chi connectivity index (χ3n) is 5.15. The van der Waals surface area contributed by atoms with Gasteiger partial charge in [0.25, 0.3) is 0 Å². The van der Waals surface area contributed by atoms with Crippen LogP contribution in [0.2, 0.25) is 0 Å². The van der Waals surface area contributed by atoms with Crippen LogP contribution in [0.3, 0.4) is 0 Å². The highest BCUT2D eigenvalue weighted by Gasteiger charge is 2.23. The van der Waals surface area contributed by atoms with Crippen molar-refractivity contribution in [2.45, 2.75) is 31.7 Å². The standard InChI is InChI=1S/C20H19N3O2/c1-2-4-14(5-3-1)15-7-9-19-21-22-20(23(19)11-10-15)16-6-8-17-18(12-16)25-13-24-17/h1-6,8,12,15H,7,9-11,13H2. The van der Waals surface area contributed by atoms with Crippen molar-refractivity contribution >= 4 is 0 Å². The van der Waals surface area contributed by atoms with Crippen molar-refractivity contribution in [3.8, 4) is 22.9 Å². The van der Waals surface area contributed by atoms with Gasteiger partial charge in [0, 0.05) is 18.5 Å². The summed E-state index contributed by atoms with van der Waals surface area (Å²) in [4.78, 5) is 0. The molecule has 5 heteroatoms. The maximum absolute atomic E-state index is 5.50. The Kier molecular flexibility index (Phi) is 3.44. The molecule has 5 rings (SSSR count). The molecule has 25 heavy (non-hydrogen) atoms. The lowest BCUT2D eigenvalue weighted by molar-refractivity contribution is 0.174. The second-order valence-corrected chi connectivity index (χ2v) is 6.59. The van der Waals surface area contributed by atoms with Gasteiger partial charge in [0.1, 0.15) is 5.82 Å². The van der Waals surface area contributed by atoms with E-state index in [0.717, 1.165) is 54.5 Å². The number of hydrogen-bond acceptors (Lipinski definition) is 4. The van der Waals surface area contributed by atoms with Crippen LogP contribution in [-0.4, -0.2) is 21.6 Å². The quantitative estimate of drug-likeness (QED) is 0.716. The second kappa shape index (κ2) is 5.92. The van der Waals surface area contributed by atoms with E-state index in [-0.39, 0.29) is 6.79 Å². The van der Waals surface area contributed by atoms with Gasteiger partial charge in [-0.2, -0.15) is 0 Å². The molecule has 0 aliphatic carbocycles. The fourth-order valence-electron chi connectivity index (χ4n) is 3.80. The third-order valence-corrected chi connectivity index (χ3v) is 5.15. The molecular formula is C20H19N3O2. The fraction of sp³-hybridized carbons (Fsp3) is 0.300. The summed E-state index contributed by atoms with van der Waals surface area (Å²) in [5.41, 5.74) is 2.45. The zero-order valence-electron chi connectivity index (χ0n) is 13.9. The molecule has 0 fully saturated rings. The molecule has 1 unspecified atom stereocenters. The molecule has 3 aromatic rings. The van der Waals surface area contributed by atoms with Crippen LogP contribution in [0.15, 0.2) is 48.5 Å². The number of nitrogens with zero attached hydrogens (tertiary/aromatic N) is 3. The molecule has 0 amide bonds. The first-order chi connectivity index (χ1) is 12.4. The molecule has 126 valence electrons. The monoisotopic (exact) mass is 333 g/mol. The smallest absolute Gasteiger partial charge is 0.231 e. The third kappa shape index (κ3) is 2.56. The Morgan fingerprint density at radius 1 is 0.920 bits per heavy atom. The van der Waals surface area contributed by atoms with Gasteiger partial charge in [-0.15, -0.1) is 10.2 Å². The van der Waals surface area contributed by atoms with Gasteiger partial charge in [0.05, 0.1) is 0 Å². The molecule has 2 aliphatic rings. The number of aromatic nitrogens is 3. The Hall–Kier alpha value is -2.82. The Bertz CT molecular complexity index is 905. The van der Waals surface area contributed by atoms with Gasteiger partial charge in [-0.1, -0.05) is 30.3 Å². The van der Waals surface area contributed by atoms with Crippen LogP contribution >= 0.6 is 0 Å². The first-order valence-electron chi connectivity index (χ1n) is 8.75. The average Bonchev–Trinajstić information content (AvgIpc) is 3.23. The van der Waals surface area contributed by atoms with Gasteiger partial charge < -0.3 is 14.0 Å². The van der Waals surface area contributed by atoms with Gasteiger partial charge in [-0.3, -0.25) is 0 Å². The summed E-state index contributed by atoms with van der Waals surface area (Å²) < 4.78 is 13.2. The molecule has 0 saturated carbocycles. The molecule has 0 radical (unpaired) electrons. The predicted molar refractivity (Wildman–Crippen MR) is 93.7 cm³/mol. The summed E-state index contributed by atoms with van der Waals surface area (Å²) in [6, 6.07) is 16.8. The molecule has 5 nitrogen and oxygen atoms in total.